The van der Waals surface area contributed by atoms with Gasteiger partial charge in [-0.1, -0.05) is 13.8 Å². The Hall–Kier alpha value is -1.18. The third-order valence-electron chi connectivity index (χ3n) is 13.0. The second kappa shape index (κ2) is 7.31. The summed E-state index contributed by atoms with van der Waals surface area (Å²) in [5.74, 6) is -0.0263. The standard InChI is InChI=1S/C30H44O7/c1-15-13-30(37-26(15,3)4)28(6)24-22(35-30)12-20-19-8-7-17-11-18(34-16(2)31)9-10-27(17,5)23(19)21(32)14-29(20,24)25(33)36-28/h15,17-24,32H,7-14H2,1-6H3/t15-,17+,18+,19+,20-,21-,22-,23-,24+,27-,28+,29+,30-/m0/s1. The molecule has 7 fully saturated rings. The fraction of sp³-hybridized carbons (Fsp3) is 0.933. The minimum absolute atomic E-state index is 0.0137. The van der Waals surface area contributed by atoms with Crippen LogP contribution < -0.4 is 0 Å². The number of aliphatic hydroxyl groups excluding tert-OH is 1. The summed E-state index contributed by atoms with van der Waals surface area (Å²) in [5, 5.41) is 11.9. The van der Waals surface area contributed by atoms with Crippen molar-refractivity contribution in [3.63, 3.8) is 0 Å². The van der Waals surface area contributed by atoms with Gasteiger partial charge in [-0.2, -0.15) is 0 Å². The third kappa shape index (κ3) is 2.84. The zero-order chi connectivity index (χ0) is 26.3. The molecule has 3 aliphatic heterocycles. The smallest absolute Gasteiger partial charge is 0.313 e. The highest BCUT2D eigenvalue weighted by Gasteiger charge is 2.85. The van der Waals surface area contributed by atoms with E-state index in [0.717, 1.165) is 44.9 Å². The van der Waals surface area contributed by atoms with Crippen LogP contribution in [0.25, 0.3) is 0 Å². The second-order valence-corrected chi connectivity index (χ2v) is 14.8. The van der Waals surface area contributed by atoms with Gasteiger partial charge in [-0.05, 0) is 101 Å². The van der Waals surface area contributed by atoms with E-state index in [1.807, 2.05) is 6.92 Å². The molecular formula is C30H44O7. The highest BCUT2D eigenvalue weighted by molar-refractivity contribution is 5.83. The summed E-state index contributed by atoms with van der Waals surface area (Å²) in [6.45, 7) is 12.3. The number of carbonyl (C=O) groups is 2. The molecule has 37 heavy (non-hydrogen) atoms. The van der Waals surface area contributed by atoms with E-state index in [9.17, 15) is 14.7 Å². The second-order valence-electron chi connectivity index (χ2n) is 14.8. The summed E-state index contributed by atoms with van der Waals surface area (Å²) < 4.78 is 25.6. The van der Waals surface area contributed by atoms with Gasteiger partial charge >= 0.3 is 11.9 Å². The number of hydrogen-bond donors (Lipinski definition) is 1. The van der Waals surface area contributed by atoms with Crippen molar-refractivity contribution >= 4 is 11.9 Å². The van der Waals surface area contributed by atoms with Crippen LogP contribution in [-0.2, 0) is 28.5 Å². The molecule has 3 heterocycles. The first-order valence-corrected chi connectivity index (χ1v) is 14.7. The molecule has 0 radical (unpaired) electrons. The fourth-order valence-electron chi connectivity index (χ4n) is 11.3. The van der Waals surface area contributed by atoms with Crippen LogP contribution in [0.5, 0.6) is 0 Å². The van der Waals surface area contributed by atoms with Gasteiger partial charge in [-0.25, -0.2) is 0 Å². The molecule has 0 aromatic heterocycles. The Kier molecular flexibility index (Phi) is 4.91. The Morgan fingerprint density at radius 1 is 1.08 bits per heavy atom. The van der Waals surface area contributed by atoms with Crippen molar-refractivity contribution in [1.29, 1.82) is 0 Å². The van der Waals surface area contributed by atoms with E-state index in [2.05, 4.69) is 27.7 Å². The summed E-state index contributed by atoms with van der Waals surface area (Å²) in [6, 6.07) is 0. The maximum absolute atomic E-state index is 14.0. The summed E-state index contributed by atoms with van der Waals surface area (Å²) >= 11 is 0. The van der Waals surface area contributed by atoms with Crippen LogP contribution in [-0.4, -0.2) is 52.3 Å². The quantitative estimate of drug-likeness (QED) is 0.517. The van der Waals surface area contributed by atoms with Crippen molar-refractivity contribution in [3.05, 3.63) is 0 Å². The SMILES string of the molecule is CC(=O)O[C@@H]1CC[C@@]2(C)[C@H](CC[C@H]3[C@H]2[C@@H](O)C[C@]24C(=O)O[C@]5(C)[C@H]2[C@H](C[C@@H]34)O[C@]52C[C@H](C)C(C)(C)O2)C1. The van der Waals surface area contributed by atoms with Crippen LogP contribution in [0, 0.1) is 46.3 Å². The zero-order valence-electron chi connectivity index (χ0n) is 23.2. The third-order valence-corrected chi connectivity index (χ3v) is 13.0. The molecule has 4 aliphatic carbocycles. The summed E-state index contributed by atoms with van der Waals surface area (Å²) in [7, 11) is 0. The van der Waals surface area contributed by atoms with Gasteiger partial charge in [0.1, 0.15) is 6.10 Å². The van der Waals surface area contributed by atoms with E-state index >= 15 is 0 Å². The van der Waals surface area contributed by atoms with E-state index in [1.165, 1.54) is 6.92 Å². The van der Waals surface area contributed by atoms with Crippen LogP contribution in [0.4, 0.5) is 0 Å². The lowest BCUT2D eigenvalue weighted by Crippen LogP contribution is -2.61. The average molecular weight is 517 g/mol. The average Bonchev–Trinajstić information content (AvgIpc) is 3.39. The largest absolute Gasteiger partial charge is 0.463 e. The number of ether oxygens (including phenoxy) is 4. The molecular weight excluding hydrogens is 472 g/mol. The molecule has 1 N–H and O–H groups in total. The van der Waals surface area contributed by atoms with Gasteiger partial charge in [-0.3, -0.25) is 9.59 Å². The number of rotatable bonds is 1. The van der Waals surface area contributed by atoms with Crippen molar-refractivity contribution in [3.8, 4) is 0 Å². The Labute approximate surface area is 220 Å². The molecule has 4 saturated carbocycles. The molecule has 0 unspecified atom stereocenters. The maximum Gasteiger partial charge on any atom is 0.313 e. The Morgan fingerprint density at radius 3 is 2.51 bits per heavy atom. The zero-order valence-corrected chi connectivity index (χ0v) is 23.2. The van der Waals surface area contributed by atoms with Crippen LogP contribution in [0.2, 0.25) is 0 Å². The van der Waals surface area contributed by atoms with Gasteiger partial charge in [0.2, 0.25) is 5.79 Å². The molecule has 2 spiro atoms. The van der Waals surface area contributed by atoms with Crippen molar-refractivity contribution in [2.24, 2.45) is 46.3 Å². The van der Waals surface area contributed by atoms with Crippen LogP contribution in [0.3, 0.4) is 0 Å². The lowest BCUT2D eigenvalue weighted by atomic mass is 9.43. The molecule has 0 aromatic carbocycles. The van der Waals surface area contributed by atoms with Crippen LogP contribution in [0.15, 0.2) is 0 Å². The number of aliphatic hydroxyl groups is 1. The predicted octanol–water partition coefficient (Wildman–Crippen LogP) is 4.38. The molecule has 0 amide bonds. The Bertz CT molecular complexity index is 1040. The highest BCUT2D eigenvalue weighted by atomic mass is 16.8. The molecule has 7 nitrogen and oxygen atoms in total. The van der Waals surface area contributed by atoms with E-state index < -0.39 is 22.9 Å². The lowest BCUT2D eigenvalue weighted by Gasteiger charge is -2.61. The molecule has 7 aliphatic rings. The molecule has 206 valence electrons. The topological polar surface area (TPSA) is 91.3 Å². The minimum atomic E-state index is -0.907. The number of carbonyl (C=O) groups excluding carboxylic acids is 2. The normalized spacial score (nSPS) is 58.9. The molecule has 0 aromatic rings. The molecule has 7 heteroatoms. The highest BCUT2D eigenvalue weighted by Crippen LogP contribution is 2.76. The van der Waals surface area contributed by atoms with Gasteiger partial charge in [0.15, 0.2) is 5.60 Å². The van der Waals surface area contributed by atoms with Gasteiger partial charge < -0.3 is 24.1 Å². The number of hydrogen-bond acceptors (Lipinski definition) is 7. The van der Waals surface area contributed by atoms with Crippen molar-refractivity contribution in [2.45, 2.75) is 128 Å². The molecule has 0 bridgehead atoms. The Morgan fingerprint density at radius 2 is 1.84 bits per heavy atom. The van der Waals surface area contributed by atoms with E-state index in [4.69, 9.17) is 18.9 Å². The van der Waals surface area contributed by atoms with E-state index in [1.54, 1.807) is 0 Å². The first-order valence-electron chi connectivity index (χ1n) is 14.7. The molecule has 7 rings (SSSR count). The van der Waals surface area contributed by atoms with Gasteiger partial charge in [0.05, 0.1) is 23.2 Å². The minimum Gasteiger partial charge on any atom is -0.463 e. The van der Waals surface area contributed by atoms with Crippen LogP contribution in [0.1, 0.15) is 92.9 Å². The fourth-order valence-corrected chi connectivity index (χ4v) is 11.3. The van der Waals surface area contributed by atoms with Gasteiger partial charge in [0.25, 0.3) is 0 Å². The summed E-state index contributed by atoms with van der Waals surface area (Å²) in [4.78, 5) is 25.6. The Balaban J connectivity index is 1.22. The van der Waals surface area contributed by atoms with Crippen molar-refractivity contribution in [1.82, 2.24) is 0 Å². The van der Waals surface area contributed by atoms with Crippen molar-refractivity contribution < 1.29 is 33.6 Å². The number of fused-ring (bicyclic) bond motifs is 5. The van der Waals surface area contributed by atoms with E-state index in [-0.39, 0.29) is 64.8 Å². The van der Waals surface area contributed by atoms with Crippen molar-refractivity contribution in [2.75, 3.05) is 0 Å². The summed E-state index contributed by atoms with van der Waals surface area (Å²) in [5.41, 5.74) is -1.89. The van der Waals surface area contributed by atoms with Gasteiger partial charge in [-0.15, -0.1) is 0 Å². The maximum atomic E-state index is 14.0. The van der Waals surface area contributed by atoms with Crippen LogP contribution >= 0.6 is 0 Å². The van der Waals surface area contributed by atoms with Gasteiger partial charge in [0, 0.05) is 19.3 Å². The summed E-state index contributed by atoms with van der Waals surface area (Å²) in [6.07, 6.45) is 6.10. The molecule has 3 saturated heterocycles. The molecule has 13 atom stereocenters. The number of esters is 2. The van der Waals surface area contributed by atoms with E-state index in [0.29, 0.717) is 12.3 Å². The first-order chi connectivity index (χ1) is 17.3. The predicted molar refractivity (Wildman–Crippen MR) is 133 cm³/mol. The monoisotopic (exact) mass is 516 g/mol. The first kappa shape index (κ1) is 24.8. The lowest BCUT2D eigenvalue weighted by molar-refractivity contribution is -0.291.